The highest BCUT2D eigenvalue weighted by molar-refractivity contribution is 5.85. The van der Waals surface area contributed by atoms with Crippen LogP contribution in [0.1, 0.15) is 22.3 Å². The fraction of sp³-hybridized carbons (Fsp3) is 0.259. The SMILES string of the molecule is Cc1cccc(C)c1OCCNC(=O)[C@H](Cc1ccccc1)NC(=O)OCc1ccccc1. The normalized spacial score (nSPS) is 11.3. The number of ether oxygens (including phenoxy) is 2. The number of rotatable bonds is 10. The van der Waals surface area contributed by atoms with E-state index in [-0.39, 0.29) is 12.5 Å². The molecule has 3 aromatic rings. The van der Waals surface area contributed by atoms with Gasteiger partial charge in [0.15, 0.2) is 0 Å². The zero-order valence-electron chi connectivity index (χ0n) is 19.0. The first kappa shape index (κ1) is 23.9. The molecule has 0 aliphatic carbocycles. The van der Waals surface area contributed by atoms with Crippen LogP contribution >= 0.6 is 0 Å². The van der Waals surface area contributed by atoms with Crippen LogP contribution in [0.5, 0.6) is 5.75 Å². The summed E-state index contributed by atoms with van der Waals surface area (Å²) in [5.41, 5.74) is 3.91. The Labute approximate surface area is 194 Å². The van der Waals surface area contributed by atoms with Crippen molar-refractivity contribution in [3.05, 3.63) is 101 Å². The van der Waals surface area contributed by atoms with E-state index in [4.69, 9.17) is 9.47 Å². The number of carbonyl (C=O) groups is 2. The monoisotopic (exact) mass is 446 g/mol. The van der Waals surface area contributed by atoms with Gasteiger partial charge in [-0.25, -0.2) is 4.79 Å². The van der Waals surface area contributed by atoms with Crippen molar-refractivity contribution in [1.82, 2.24) is 10.6 Å². The number of aryl methyl sites for hydroxylation is 2. The van der Waals surface area contributed by atoms with E-state index < -0.39 is 12.1 Å². The molecule has 2 N–H and O–H groups in total. The van der Waals surface area contributed by atoms with Gasteiger partial charge in [0.2, 0.25) is 5.91 Å². The first-order valence-electron chi connectivity index (χ1n) is 11.0. The Kier molecular flexibility index (Phi) is 8.88. The highest BCUT2D eigenvalue weighted by Crippen LogP contribution is 2.21. The number of carbonyl (C=O) groups excluding carboxylic acids is 2. The third-order valence-electron chi connectivity index (χ3n) is 5.16. The maximum Gasteiger partial charge on any atom is 0.408 e. The summed E-state index contributed by atoms with van der Waals surface area (Å²) in [5, 5.41) is 5.56. The number of hydrogen-bond donors (Lipinski definition) is 2. The van der Waals surface area contributed by atoms with Crippen molar-refractivity contribution in [1.29, 1.82) is 0 Å². The van der Waals surface area contributed by atoms with Crippen LogP contribution in [0.3, 0.4) is 0 Å². The highest BCUT2D eigenvalue weighted by atomic mass is 16.5. The molecule has 6 heteroatoms. The Morgan fingerprint density at radius 2 is 1.42 bits per heavy atom. The lowest BCUT2D eigenvalue weighted by Gasteiger charge is -2.19. The minimum absolute atomic E-state index is 0.135. The highest BCUT2D eigenvalue weighted by Gasteiger charge is 2.22. The van der Waals surface area contributed by atoms with E-state index in [1.54, 1.807) is 0 Å². The van der Waals surface area contributed by atoms with Gasteiger partial charge < -0.3 is 20.1 Å². The lowest BCUT2D eigenvalue weighted by Crippen LogP contribution is -2.48. The fourth-order valence-electron chi connectivity index (χ4n) is 3.44. The molecule has 0 aliphatic heterocycles. The van der Waals surface area contributed by atoms with Gasteiger partial charge >= 0.3 is 6.09 Å². The van der Waals surface area contributed by atoms with Crippen molar-refractivity contribution in [3.63, 3.8) is 0 Å². The second-order valence-electron chi connectivity index (χ2n) is 7.81. The Morgan fingerprint density at radius 1 is 0.818 bits per heavy atom. The van der Waals surface area contributed by atoms with Gasteiger partial charge in [0.1, 0.15) is 25.0 Å². The van der Waals surface area contributed by atoms with Gasteiger partial charge in [-0.2, -0.15) is 0 Å². The predicted molar refractivity (Wildman–Crippen MR) is 128 cm³/mol. The molecule has 0 radical (unpaired) electrons. The number of alkyl carbamates (subject to hydrolysis) is 1. The molecule has 0 unspecified atom stereocenters. The Balaban J connectivity index is 1.54. The van der Waals surface area contributed by atoms with Crippen molar-refractivity contribution in [2.45, 2.75) is 32.9 Å². The van der Waals surface area contributed by atoms with Crippen molar-refractivity contribution in [2.24, 2.45) is 0 Å². The summed E-state index contributed by atoms with van der Waals surface area (Å²) in [6.07, 6.45) is -0.285. The van der Waals surface area contributed by atoms with Crippen molar-refractivity contribution in [2.75, 3.05) is 13.2 Å². The number of benzene rings is 3. The zero-order valence-corrected chi connectivity index (χ0v) is 19.0. The minimum atomic E-state index is -0.768. The smallest absolute Gasteiger partial charge is 0.408 e. The molecule has 0 bridgehead atoms. The maximum absolute atomic E-state index is 12.9. The van der Waals surface area contributed by atoms with Crippen LogP contribution in [0.4, 0.5) is 4.79 Å². The maximum atomic E-state index is 12.9. The number of amides is 2. The number of nitrogens with one attached hydrogen (secondary N) is 2. The van der Waals surface area contributed by atoms with Crippen LogP contribution in [0, 0.1) is 13.8 Å². The quantitative estimate of drug-likeness (QED) is 0.455. The molecular weight excluding hydrogens is 416 g/mol. The van der Waals surface area contributed by atoms with E-state index in [2.05, 4.69) is 10.6 Å². The molecule has 172 valence electrons. The van der Waals surface area contributed by atoms with Gasteiger partial charge in [-0.1, -0.05) is 78.9 Å². The van der Waals surface area contributed by atoms with Gasteiger partial charge in [-0.3, -0.25) is 4.79 Å². The molecule has 33 heavy (non-hydrogen) atoms. The zero-order chi connectivity index (χ0) is 23.5. The summed E-state index contributed by atoms with van der Waals surface area (Å²) < 4.78 is 11.2. The van der Waals surface area contributed by atoms with Gasteiger partial charge in [0.25, 0.3) is 0 Å². The summed E-state index contributed by atoms with van der Waals surface area (Å²) >= 11 is 0. The average molecular weight is 447 g/mol. The summed E-state index contributed by atoms with van der Waals surface area (Å²) in [6.45, 7) is 4.76. The first-order chi connectivity index (χ1) is 16.0. The van der Waals surface area contributed by atoms with Gasteiger partial charge in [0, 0.05) is 6.42 Å². The van der Waals surface area contributed by atoms with E-state index in [0.29, 0.717) is 19.6 Å². The first-order valence-corrected chi connectivity index (χ1v) is 11.0. The fourth-order valence-corrected chi connectivity index (χ4v) is 3.44. The summed E-state index contributed by atoms with van der Waals surface area (Å²) in [4.78, 5) is 25.2. The van der Waals surface area contributed by atoms with E-state index in [9.17, 15) is 9.59 Å². The molecule has 3 rings (SSSR count). The summed E-state index contributed by atoms with van der Waals surface area (Å²) in [5.74, 6) is 0.538. The largest absolute Gasteiger partial charge is 0.491 e. The van der Waals surface area contributed by atoms with E-state index in [0.717, 1.165) is 28.0 Å². The van der Waals surface area contributed by atoms with Crippen LogP contribution in [0.25, 0.3) is 0 Å². The lowest BCUT2D eigenvalue weighted by molar-refractivity contribution is -0.123. The molecule has 0 spiro atoms. The van der Waals surface area contributed by atoms with Crippen LogP contribution < -0.4 is 15.4 Å². The molecule has 0 aromatic heterocycles. The van der Waals surface area contributed by atoms with Gasteiger partial charge in [0.05, 0.1) is 6.54 Å². The van der Waals surface area contributed by atoms with Crippen molar-refractivity contribution >= 4 is 12.0 Å². The van der Waals surface area contributed by atoms with Crippen LogP contribution in [0.2, 0.25) is 0 Å². The second kappa shape index (κ2) is 12.3. The third kappa shape index (κ3) is 7.68. The molecule has 0 heterocycles. The van der Waals surface area contributed by atoms with Crippen LogP contribution in [-0.4, -0.2) is 31.2 Å². The molecule has 0 saturated carbocycles. The Morgan fingerprint density at radius 3 is 2.06 bits per heavy atom. The van der Waals surface area contributed by atoms with E-state index in [1.807, 2.05) is 92.7 Å². The third-order valence-corrected chi connectivity index (χ3v) is 5.16. The standard InChI is InChI=1S/C27H30N2O4/c1-20-10-9-11-21(2)25(20)32-17-16-28-26(30)24(18-22-12-5-3-6-13-22)29-27(31)33-19-23-14-7-4-8-15-23/h3-15,24H,16-19H2,1-2H3,(H,28,30)(H,29,31)/t24-/m0/s1. The molecule has 2 amide bonds. The average Bonchev–Trinajstić information content (AvgIpc) is 2.83. The molecule has 3 aromatic carbocycles. The lowest BCUT2D eigenvalue weighted by atomic mass is 10.1. The molecule has 0 fully saturated rings. The summed E-state index contributed by atoms with van der Waals surface area (Å²) in [7, 11) is 0. The second-order valence-corrected chi connectivity index (χ2v) is 7.81. The molecule has 0 aliphatic rings. The topological polar surface area (TPSA) is 76.7 Å². The van der Waals surface area contributed by atoms with Crippen molar-refractivity contribution in [3.8, 4) is 5.75 Å². The molecule has 6 nitrogen and oxygen atoms in total. The van der Waals surface area contributed by atoms with E-state index >= 15 is 0 Å². The van der Waals surface area contributed by atoms with Gasteiger partial charge in [-0.05, 0) is 36.1 Å². The predicted octanol–water partition coefficient (Wildman–Crippen LogP) is 4.34. The van der Waals surface area contributed by atoms with Crippen molar-refractivity contribution < 1.29 is 19.1 Å². The van der Waals surface area contributed by atoms with E-state index in [1.165, 1.54) is 0 Å². The van der Waals surface area contributed by atoms with Crippen LogP contribution in [-0.2, 0) is 22.6 Å². The molecular formula is C27H30N2O4. The minimum Gasteiger partial charge on any atom is -0.491 e. The number of para-hydroxylation sites is 1. The number of hydrogen-bond acceptors (Lipinski definition) is 4. The van der Waals surface area contributed by atoms with Crippen LogP contribution in [0.15, 0.2) is 78.9 Å². The molecule has 0 saturated heterocycles. The Hall–Kier alpha value is -3.80. The summed E-state index contributed by atoms with van der Waals surface area (Å²) in [6, 6.07) is 24.1. The Bertz CT molecular complexity index is 1020. The molecule has 1 atom stereocenters. The van der Waals surface area contributed by atoms with Gasteiger partial charge in [-0.15, -0.1) is 0 Å².